The standard InChI is InChI=1S/C12H16N2S2/c1-3-12-14-10(8-16-12)6-13-7-11-9(2)4-5-15-11/h4-5,8,13H,3,6-7H2,1-2H3. The molecule has 0 unspecified atom stereocenters. The quantitative estimate of drug-likeness (QED) is 0.882. The molecule has 0 saturated heterocycles. The average molecular weight is 252 g/mol. The van der Waals surface area contributed by atoms with Crippen molar-refractivity contribution in [3.63, 3.8) is 0 Å². The lowest BCUT2D eigenvalue weighted by Gasteiger charge is -2.01. The van der Waals surface area contributed by atoms with Gasteiger partial charge in [0.1, 0.15) is 0 Å². The van der Waals surface area contributed by atoms with E-state index in [9.17, 15) is 0 Å². The highest BCUT2D eigenvalue weighted by molar-refractivity contribution is 7.10. The number of rotatable bonds is 5. The van der Waals surface area contributed by atoms with E-state index in [-0.39, 0.29) is 0 Å². The van der Waals surface area contributed by atoms with Crippen molar-refractivity contribution in [2.24, 2.45) is 0 Å². The maximum Gasteiger partial charge on any atom is 0.0926 e. The minimum Gasteiger partial charge on any atom is -0.306 e. The molecule has 0 aliphatic rings. The molecule has 1 N–H and O–H groups in total. The van der Waals surface area contributed by atoms with Crippen LogP contribution >= 0.6 is 22.7 Å². The predicted molar refractivity (Wildman–Crippen MR) is 71.1 cm³/mol. The monoisotopic (exact) mass is 252 g/mol. The molecule has 0 amide bonds. The molecule has 0 aromatic carbocycles. The third kappa shape index (κ3) is 2.90. The van der Waals surface area contributed by atoms with Crippen LogP contribution in [-0.2, 0) is 19.5 Å². The zero-order chi connectivity index (χ0) is 11.4. The number of nitrogens with one attached hydrogen (secondary N) is 1. The van der Waals surface area contributed by atoms with Crippen molar-refractivity contribution in [2.45, 2.75) is 33.4 Å². The maximum absolute atomic E-state index is 4.53. The Balaban J connectivity index is 1.82. The Hall–Kier alpha value is -0.710. The molecule has 4 heteroatoms. The topological polar surface area (TPSA) is 24.9 Å². The first-order chi connectivity index (χ1) is 7.79. The minimum absolute atomic E-state index is 0.869. The van der Waals surface area contributed by atoms with Gasteiger partial charge in [0.15, 0.2) is 0 Å². The SMILES string of the molecule is CCc1nc(CNCc2sccc2C)cs1. The van der Waals surface area contributed by atoms with Crippen LogP contribution in [0.25, 0.3) is 0 Å². The summed E-state index contributed by atoms with van der Waals surface area (Å²) in [6.45, 7) is 6.12. The highest BCUT2D eigenvalue weighted by Gasteiger charge is 2.01. The Morgan fingerprint density at radius 1 is 1.31 bits per heavy atom. The summed E-state index contributed by atoms with van der Waals surface area (Å²) in [5.41, 5.74) is 2.54. The van der Waals surface area contributed by atoms with Gasteiger partial charge in [-0.2, -0.15) is 0 Å². The average Bonchev–Trinajstić information content (AvgIpc) is 2.89. The summed E-state index contributed by atoms with van der Waals surface area (Å²) >= 11 is 3.57. The second kappa shape index (κ2) is 5.57. The molecule has 2 rings (SSSR count). The van der Waals surface area contributed by atoms with E-state index in [4.69, 9.17) is 0 Å². The van der Waals surface area contributed by atoms with Gasteiger partial charge in [-0.1, -0.05) is 6.92 Å². The van der Waals surface area contributed by atoms with E-state index in [0.29, 0.717) is 0 Å². The summed E-state index contributed by atoms with van der Waals surface area (Å²) in [5, 5.41) is 8.95. The second-order valence-electron chi connectivity index (χ2n) is 3.72. The zero-order valence-electron chi connectivity index (χ0n) is 9.62. The summed E-state index contributed by atoms with van der Waals surface area (Å²) in [4.78, 5) is 5.95. The number of nitrogens with zero attached hydrogens (tertiary/aromatic N) is 1. The summed E-state index contributed by atoms with van der Waals surface area (Å²) in [6, 6.07) is 2.17. The van der Waals surface area contributed by atoms with Gasteiger partial charge in [0.05, 0.1) is 10.7 Å². The van der Waals surface area contributed by atoms with Gasteiger partial charge >= 0.3 is 0 Å². The smallest absolute Gasteiger partial charge is 0.0926 e. The van der Waals surface area contributed by atoms with Gasteiger partial charge in [-0.25, -0.2) is 4.98 Å². The second-order valence-corrected chi connectivity index (χ2v) is 5.66. The molecule has 2 aromatic rings. The van der Waals surface area contributed by atoms with Crippen LogP contribution in [0.2, 0.25) is 0 Å². The van der Waals surface area contributed by atoms with Gasteiger partial charge in [0.25, 0.3) is 0 Å². The van der Waals surface area contributed by atoms with Gasteiger partial charge in [0.2, 0.25) is 0 Å². The summed E-state index contributed by atoms with van der Waals surface area (Å²) in [6.07, 6.45) is 1.04. The molecular formula is C12H16N2S2. The Morgan fingerprint density at radius 2 is 2.19 bits per heavy atom. The lowest BCUT2D eigenvalue weighted by atomic mass is 10.3. The predicted octanol–water partition coefficient (Wildman–Crippen LogP) is 3.37. The van der Waals surface area contributed by atoms with Crippen LogP contribution in [0.1, 0.15) is 28.1 Å². The van der Waals surface area contributed by atoms with Crippen molar-refractivity contribution in [3.05, 3.63) is 38.0 Å². The molecule has 0 radical (unpaired) electrons. The Morgan fingerprint density at radius 3 is 2.81 bits per heavy atom. The molecule has 2 heterocycles. The van der Waals surface area contributed by atoms with Crippen LogP contribution in [0.4, 0.5) is 0 Å². The summed E-state index contributed by atoms with van der Waals surface area (Å²) < 4.78 is 0. The molecule has 2 aromatic heterocycles. The van der Waals surface area contributed by atoms with Crippen molar-refractivity contribution >= 4 is 22.7 Å². The number of aromatic nitrogens is 1. The molecule has 16 heavy (non-hydrogen) atoms. The molecule has 2 nitrogen and oxygen atoms in total. The fourth-order valence-corrected chi connectivity index (χ4v) is 3.10. The third-order valence-corrected chi connectivity index (χ3v) is 4.53. The Bertz CT molecular complexity index is 445. The number of thiazole rings is 1. The largest absolute Gasteiger partial charge is 0.306 e. The van der Waals surface area contributed by atoms with Crippen LogP contribution in [-0.4, -0.2) is 4.98 Å². The van der Waals surface area contributed by atoms with Crippen molar-refractivity contribution in [2.75, 3.05) is 0 Å². The van der Waals surface area contributed by atoms with Crippen LogP contribution < -0.4 is 5.32 Å². The number of thiophene rings is 1. The summed E-state index contributed by atoms with van der Waals surface area (Å²) in [5.74, 6) is 0. The maximum atomic E-state index is 4.53. The lowest BCUT2D eigenvalue weighted by Crippen LogP contribution is -2.12. The molecule has 0 aliphatic heterocycles. The van der Waals surface area contributed by atoms with Crippen LogP contribution in [0, 0.1) is 6.92 Å². The first kappa shape index (κ1) is 11.8. The van der Waals surface area contributed by atoms with Crippen molar-refractivity contribution in [3.8, 4) is 0 Å². The highest BCUT2D eigenvalue weighted by atomic mass is 32.1. The number of hydrogen-bond acceptors (Lipinski definition) is 4. The first-order valence-electron chi connectivity index (χ1n) is 5.46. The normalized spacial score (nSPS) is 10.9. The molecule has 0 atom stereocenters. The Labute approximate surface area is 104 Å². The number of aryl methyl sites for hydroxylation is 2. The molecule has 0 saturated carbocycles. The molecule has 0 fully saturated rings. The molecule has 0 spiro atoms. The third-order valence-electron chi connectivity index (χ3n) is 2.46. The van der Waals surface area contributed by atoms with E-state index < -0.39 is 0 Å². The van der Waals surface area contributed by atoms with Crippen LogP contribution in [0.3, 0.4) is 0 Å². The fraction of sp³-hybridized carbons (Fsp3) is 0.417. The van der Waals surface area contributed by atoms with Crippen molar-refractivity contribution < 1.29 is 0 Å². The molecule has 0 bridgehead atoms. The van der Waals surface area contributed by atoms with E-state index in [1.807, 2.05) is 11.3 Å². The van der Waals surface area contributed by atoms with Gasteiger partial charge in [-0.05, 0) is 30.4 Å². The van der Waals surface area contributed by atoms with Gasteiger partial charge in [-0.15, -0.1) is 22.7 Å². The molecule has 0 aliphatic carbocycles. The summed E-state index contributed by atoms with van der Waals surface area (Å²) in [7, 11) is 0. The van der Waals surface area contributed by atoms with Crippen LogP contribution in [0.15, 0.2) is 16.8 Å². The number of hydrogen-bond donors (Lipinski definition) is 1. The van der Waals surface area contributed by atoms with E-state index in [1.165, 1.54) is 15.4 Å². The van der Waals surface area contributed by atoms with Crippen molar-refractivity contribution in [1.29, 1.82) is 0 Å². The highest BCUT2D eigenvalue weighted by Crippen LogP contribution is 2.15. The van der Waals surface area contributed by atoms with E-state index >= 15 is 0 Å². The van der Waals surface area contributed by atoms with Crippen LogP contribution in [0.5, 0.6) is 0 Å². The molecular weight excluding hydrogens is 236 g/mol. The molecule has 86 valence electrons. The Kier molecular flexibility index (Phi) is 4.09. The van der Waals surface area contributed by atoms with Crippen molar-refractivity contribution in [1.82, 2.24) is 10.3 Å². The van der Waals surface area contributed by atoms with Gasteiger partial charge in [-0.3, -0.25) is 0 Å². The first-order valence-corrected chi connectivity index (χ1v) is 7.22. The lowest BCUT2D eigenvalue weighted by molar-refractivity contribution is 0.686. The van der Waals surface area contributed by atoms with E-state index in [0.717, 1.165) is 25.2 Å². The fourth-order valence-electron chi connectivity index (χ4n) is 1.48. The van der Waals surface area contributed by atoms with E-state index in [2.05, 4.69) is 41.0 Å². The zero-order valence-corrected chi connectivity index (χ0v) is 11.3. The van der Waals surface area contributed by atoms with E-state index in [1.54, 1.807) is 11.3 Å². The van der Waals surface area contributed by atoms with Gasteiger partial charge in [0, 0.05) is 23.3 Å². The van der Waals surface area contributed by atoms with Gasteiger partial charge < -0.3 is 5.32 Å². The minimum atomic E-state index is 0.869.